The lowest BCUT2D eigenvalue weighted by Gasteiger charge is -2.19. The van der Waals surface area contributed by atoms with Gasteiger partial charge in [-0.1, -0.05) is 30.3 Å². The summed E-state index contributed by atoms with van der Waals surface area (Å²) in [5.74, 6) is -0.0332. The lowest BCUT2D eigenvalue weighted by atomic mass is 10.1. The first kappa shape index (κ1) is 15.7. The Labute approximate surface area is 146 Å². The standard InChI is InChI=1S/C20H21N3O2/c1-3-21-16-9-4-5-10-17(16)23(20(21)25)13-18(24)22-12-11-15-8-6-7-14(2)19(15)22/h4-10H,3,11-13H2,1-2H3. The third-order valence-electron chi connectivity index (χ3n) is 5.03. The van der Waals surface area contributed by atoms with Crippen molar-refractivity contribution < 1.29 is 4.79 Å². The van der Waals surface area contributed by atoms with E-state index >= 15 is 0 Å². The number of aromatic nitrogens is 2. The van der Waals surface area contributed by atoms with Gasteiger partial charge in [-0.25, -0.2) is 4.79 Å². The largest absolute Gasteiger partial charge is 0.329 e. The van der Waals surface area contributed by atoms with Gasteiger partial charge in [-0.15, -0.1) is 0 Å². The average Bonchev–Trinajstić information content (AvgIpc) is 3.16. The van der Waals surface area contributed by atoms with Gasteiger partial charge in [0.05, 0.1) is 11.0 Å². The van der Waals surface area contributed by atoms with Crippen LogP contribution in [0.1, 0.15) is 18.1 Å². The van der Waals surface area contributed by atoms with E-state index in [1.165, 1.54) is 5.56 Å². The van der Waals surface area contributed by atoms with Crippen LogP contribution in [0.15, 0.2) is 47.3 Å². The number of carbonyl (C=O) groups excluding carboxylic acids is 1. The molecule has 4 rings (SSSR count). The van der Waals surface area contributed by atoms with Gasteiger partial charge in [-0.3, -0.25) is 13.9 Å². The summed E-state index contributed by atoms with van der Waals surface area (Å²) in [5.41, 5.74) is 4.89. The van der Waals surface area contributed by atoms with Gasteiger partial charge in [-0.05, 0) is 43.5 Å². The molecule has 1 aliphatic rings. The molecule has 0 saturated heterocycles. The molecule has 0 bridgehead atoms. The summed E-state index contributed by atoms with van der Waals surface area (Å²) in [6.45, 7) is 5.31. The van der Waals surface area contributed by atoms with Crippen LogP contribution in [-0.4, -0.2) is 21.6 Å². The summed E-state index contributed by atoms with van der Waals surface area (Å²) < 4.78 is 3.31. The van der Waals surface area contributed by atoms with Gasteiger partial charge >= 0.3 is 5.69 Å². The van der Waals surface area contributed by atoms with E-state index in [4.69, 9.17) is 0 Å². The maximum absolute atomic E-state index is 13.0. The van der Waals surface area contributed by atoms with Gasteiger partial charge in [0.15, 0.2) is 0 Å². The number of rotatable bonds is 3. The number of benzene rings is 2. The summed E-state index contributed by atoms with van der Waals surface area (Å²) >= 11 is 0. The van der Waals surface area contributed by atoms with Gasteiger partial charge in [-0.2, -0.15) is 0 Å². The zero-order chi connectivity index (χ0) is 17.6. The number of carbonyl (C=O) groups is 1. The number of anilines is 1. The zero-order valence-corrected chi connectivity index (χ0v) is 14.5. The molecular formula is C20H21N3O2. The van der Waals surface area contributed by atoms with Crippen LogP contribution in [0.4, 0.5) is 5.69 Å². The predicted molar refractivity (Wildman–Crippen MR) is 99.1 cm³/mol. The quantitative estimate of drug-likeness (QED) is 0.739. The van der Waals surface area contributed by atoms with Crippen molar-refractivity contribution in [2.45, 2.75) is 33.4 Å². The summed E-state index contributed by atoms with van der Waals surface area (Å²) in [6, 6.07) is 13.8. The van der Waals surface area contributed by atoms with E-state index in [0.717, 1.165) is 28.7 Å². The number of aryl methyl sites for hydroxylation is 2. The Balaban J connectivity index is 1.73. The monoisotopic (exact) mass is 335 g/mol. The van der Waals surface area contributed by atoms with Gasteiger partial charge in [0.1, 0.15) is 6.54 Å². The van der Waals surface area contributed by atoms with E-state index in [2.05, 4.69) is 6.07 Å². The van der Waals surface area contributed by atoms with E-state index in [9.17, 15) is 9.59 Å². The van der Waals surface area contributed by atoms with Crippen molar-refractivity contribution in [2.24, 2.45) is 0 Å². The molecule has 1 amide bonds. The SMILES string of the molecule is CCn1c(=O)n(CC(=O)N2CCc3cccc(C)c32)c2ccccc21. The molecule has 0 spiro atoms. The first-order valence-corrected chi connectivity index (χ1v) is 8.68. The zero-order valence-electron chi connectivity index (χ0n) is 14.5. The molecule has 2 aromatic carbocycles. The molecule has 1 aromatic heterocycles. The van der Waals surface area contributed by atoms with Crippen LogP contribution in [0, 0.1) is 6.92 Å². The van der Waals surface area contributed by atoms with Gasteiger partial charge in [0.25, 0.3) is 0 Å². The number of nitrogens with zero attached hydrogens (tertiary/aromatic N) is 3. The smallest absolute Gasteiger partial charge is 0.310 e. The first-order valence-electron chi connectivity index (χ1n) is 8.68. The van der Waals surface area contributed by atoms with Crippen LogP contribution in [0.3, 0.4) is 0 Å². The molecule has 0 radical (unpaired) electrons. The van der Waals surface area contributed by atoms with E-state index in [-0.39, 0.29) is 18.1 Å². The van der Waals surface area contributed by atoms with Crippen molar-refractivity contribution in [3.8, 4) is 0 Å². The highest BCUT2D eigenvalue weighted by Crippen LogP contribution is 2.31. The van der Waals surface area contributed by atoms with Crippen molar-refractivity contribution in [1.29, 1.82) is 0 Å². The van der Waals surface area contributed by atoms with Gasteiger partial charge in [0.2, 0.25) is 5.91 Å². The van der Waals surface area contributed by atoms with Crippen LogP contribution in [0.5, 0.6) is 0 Å². The molecule has 0 atom stereocenters. The minimum Gasteiger partial charge on any atom is -0.310 e. The van der Waals surface area contributed by atoms with E-state index in [1.807, 2.05) is 55.1 Å². The van der Waals surface area contributed by atoms with Crippen LogP contribution in [0.25, 0.3) is 11.0 Å². The molecule has 0 aliphatic carbocycles. The summed E-state index contributed by atoms with van der Waals surface area (Å²) in [5, 5.41) is 0. The van der Waals surface area contributed by atoms with Crippen molar-refractivity contribution >= 4 is 22.6 Å². The molecule has 5 nitrogen and oxygen atoms in total. The fourth-order valence-electron chi connectivity index (χ4n) is 3.85. The second-order valence-electron chi connectivity index (χ2n) is 6.48. The molecule has 25 heavy (non-hydrogen) atoms. The van der Waals surface area contributed by atoms with Crippen LogP contribution in [-0.2, 0) is 24.3 Å². The molecule has 128 valence electrons. The molecule has 5 heteroatoms. The summed E-state index contributed by atoms with van der Waals surface area (Å²) in [6.07, 6.45) is 0.869. The number of fused-ring (bicyclic) bond motifs is 2. The summed E-state index contributed by atoms with van der Waals surface area (Å²) in [4.78, 5) is 27.5. The van der Waals surface area contributed by atoms with Gasteiger partial charge < -0.3 is 4.90 Å². The number of para-hydroxylation sites is 3. The second-order valence-corrected chi connectivity index (χ2v) is 6.48. The number of hydrogen-bond acceptors (Lipinski definition) is 2. The Bertz CT molecular complexity index is 1030. The normalized spacial score (nSPS) is 13.4. The summed E-state index contributed by atoms with van der Waals surface area (Å²) in [7, 11) is 0. The fraction of sp³-hybridized carbons (Fsp3) is 0.300. The molecule has 0 unspecified atom stereocenters. The molecule has 3 aromatic rings. The molecule has 0 N–H and O–H groups in total. The van der Waals surface area contributed by atoms with Crippen molar-refractivity contribution in [3.05, 3.63) is 64.1 Å². The number of amides is 1. The minimum atomic E-state index is -0.124. The Morgan fingerprint density at radius 2 is 1.76 bits per heavy atom. The fourth-order valence-corrected chi connectivity index (χ4v) is 3.85. The van der Waals surface area contributed by atoms with Crippen LogP contribution in [0.2, 0.25) is 0 Å². The van der Waals surface area contributed by atoms with Crippen molar-refractivity contribution in [1.82, 2.24) is 9.13 Å². The lowest BCUT2D eigenvalue weighted by Crippen LogP contribution is -2.36. The minimum absolute atomic E-state index is 0.0332. The molecule has 0 fully saturated rings. The Kier molecular flexibility index (Phi) is 3.71. The third kappa shape index (κ3) is 2.38. The third-order valence-corrected chi connectivity index (χ3v) is 5.03. The first-order chi connectivity index (χ1) is 12.1. The van der Waals surface area contributed by atoms with Crippen molar-refractivity contribution in [3.63, 3.8) is 0 Å². The molecule has 0 saturated carbocycles. The lowest BCUT2D eigenvalue weighted by molar-refractivity contribution is -0.119. The Hall–Kier alpha value is -2.82. The highest BCUT2D eigenvalue weighted by atomic mass is 16.2. The van der Waals surface area contributed by atoms with Gasteiger partial charge in [0, 0.05) is 18.8 Å². The molecular weight excluding hydrogens is 314 g/mol. The maximum atomic E-state index is 13.0. The van der Waals surface area contributed by atoms with Crippen LogP contribution >= 0.6 is 0 Å². The highest BCUT2D eigenvalue weighted by molar-refractivity contribution is 5.96. The second kappa shape index (κ2) is 5.92. The molecule has 1 aliphatic heterocycles. The number of imidazole rings is 1. The Morgan fingerprint density at radius 1 is 1.04 bits per heavy atom. The number of hydrogen-bond donors (Lipinski definition) is 0. The Morgan fingerprint density at radius 3 is 2.48 bits per heavy atom. The van der Waals surface area contributed by atoms with E-state index in [0.29, 0.717) is 13.1 Å². The highest BCUT2D eigenvalue weighted by Gasteiger charge is 2.27. The van der Waals surface area contributed by atoms with E-state index < -0.39 is 0 Å². The average molecular weight is 335 g/mol. The van der Waals surface area contributed by atoms with Crippen molar-refractivity contribution in [2.75, 3.05) is 11.4 Å². The molecule has 2 heterocycles. The van der Waals surface area contributed by atoms with Crippen LogP contribution < -0.4 is 10.6 Å². The topological polar surface area (TPSA) is 47.2 Å². The van der Waals surface area contributed by atoms with E-state index in [1.54, 1.807) is 9.13 Å². The maximum Gasteiger partial charge on any atom is 0.329 e. The predicted octanol–water partition coefficient (Wildman–Crippen LogP) is 2.72.